The Morgan fingerprint density at radius 3 is 2.75 bits per heavy atom. The van der Waals surface area contributed by atoms with E-state index in [4.69, 9.17) is 0 Å². The number of hydrogen-bond donors (Lipinski definition) is 1. The van der Waals surface area contributed by atoms with Crippen LogP contribution in [-0.2, 0) is 6.54 Å². The number of likely N-dealkylation sites (N-methyl/N-ethyl adjacent to an activating group) is 1. The summed E-state index contributed by atoms with van der Waals surface area (Å²) in [7, 11) is 1.90. The van der Waals surface area contributed by atoms with Gasteiger partial charge in [-0.15, -0.1) is 0 Å². The molecular weight excluding hydrogens is 253 g/mol. The maximum absolute atomic E-state index is 14.2. The van der Waals surface area contributed by atoms with Crippen molar-refractivity contribution in [2.24, 2.45) is 0 Å². The fourth-order valence-electron chi connectivity index (χ4n) is 3.23. The van der Waals surface area contributed by atoms with Gasteiger partial charge < -0.3 is 10.2 Å². The van der Waals surface area contributed by atoms with Crippen LogP contribution in [0.4, 0.5) is 10.1 Å². The third-order valence-electron chi connectivity index (χ3n) is 4.25. The third kappa shape index (κ3) is 3.13. The molecule has 0 aromatic heterocycles. The van der Waals surface area contributed by atoms with Gasteiger partial charge in [0.1, 0.15) is 5.82 Å². The quantitative estimate of drug-likeness (QED) is 0.863. The molecule has 112 valence electrons. The summed E-state index contributed by atoms with van der Waals surface area (Å²) in [6.07, 6.45) is 1.12. The molecule has 2 rings (SSSR count). The Morgan fingerprint density at radius 1 is 1.35 bits per heavy atom. The van der Waals surface area contributed by atoms with Gasteiger partial charge in [-0.05, 0) is 38.2 Å². The minimum Gasteiger partial charge on any atom is -0.367 e. The minimum atomic E-state index is -0.0991. The van der Waals surface area contributed by atoms with Gasteiger partial charge in [-0.1, -0.05) is 26.0 Å². The second-order valence-electron chi connectivity index (χ2n) is 5.39. The second-order valence-corrected chi connectivity index (χ2v) is 5.39. The molecule has 1 aromatic rings. The smallest absolute Gasteiger partial charge is 0.146 e. The van der Waals surface area contributed by atoms with E-state index in [0.29, 0.717) is 12.6 Å². The topological polar surface area (TPSA) is 18.5 Å². The van der Waals surface area contributed by atoms with Crippen molar-refractivity contribution in [3.8, 4) is 0 Å². The third-order valence-corrected chi connectivity index (χ3v) is 4.25. The van der Waals surface area contributed by atoms with E-state index in [-0.39, 0.29) is 5.82 Å². The molecule has 3 nitrogen and oxygen atoms in total. The predicted octanol–water partition coefficient (Wildman–Crippen LogP) is 2.47. The van der Waals surface area contributed by atoms with E-state index in [1.54, 1.807) is 12.1 Å². The molecule has 1 saturated heterocycles. The van der Waals surface area contributed by atoms with Crippen LogP contribution in [0.25, 0.3) is 0 Å². The van der Waals surface area contributed by atoms with Crippen molar-refractivity contribution in [2.45, 2.75) is 32.9 Å². The molecule has 1 fully saturated rings. The summed E-state index contributed by atoms with van der Waals surface area (Å²) < 4.78 is 14.2. The Hall–Kier alpha value is -1.13. The van der Waals surface area contributed by atoms with Crippen molar-refractivity contribution < 1.29 is 4.39 Å². The number of nitrogens with one attached hydrogen (secondary N) is 1. The first-order chi connectivity index (χ1) is 9.71. The number of hydrogen-bond acceptors (Lipinski definition) is 3. The molecule has 1 unspecified atom stereocenters. The molecule has 0 spiro atoms. The number of benzene rings is 1. The van der Waals surface area contributed by atoms with Crippen LogP contribution in [0.2, 0.25) is 0 Å². The van der Waals surface area contributed by atoms with Gasteiger partial charge in [0.2, 0.25) is 0 Å². The highest BCUT2D eigenvalue weighted by Crippen LogP contribution is 2.29. The lowest BCUT2D eigenvalue weighted by molar-refractivity contribution is 0.232. The molecule has 0 saturated carbocycles. The lowest BCUT2D eigenvalue weighted by Gasteiger charge is -2.27. The summed E-state index contributed by atoms with van der Waals surface area (Å²) in [5, 5.41) is 3.13. The summed E-state index contributed by atoms with van der Waals surface area (Å²) in [4.78, 5) is 4.68. The number of halogens is 1. The number of rotatable bonds is 6. The number of nitrogens with zero attached hydrogens (tertiary/aromatic N) is 2. The largest absolute Gasteiger partial charge is 0.367 e. The van der Waals surface area contributed by atoms with Gasteiger partial charge in [-0.2, -0.15) is 0 Å². The number of para-hydroxylation sites is 1. The van der Waals surface area contributed by atoms with Crippen LogP contribution in [0.1, 0.15) is 25.8 Å². The first-order valence-electron chi connectivity index (χ1n) is 7.62. The van der Waals surface area contributed by atoms with Crippen molar-refractivity contribution in [3.63, 3.8) is 0 Å². The van der Waals surface area contributed by atoms with Crippen molar-refractivity contribution in [3.05, 3.63) is 29.6 Å². The molecular formula is C16H26FN3. The molecule has 0 bridgehead atoms. The Bertz CT molecular complexity index is 432. The van der Waals surface area contributed by atoms with E-state index in [1.165, 1.54) is 0 Å². The summed E-state index contributed by atoms with van der Waals surface area (Å²) >= 11 is 0. The Labute approximate surface area is 121 Å². The highest BCUT2D eigenvalue weighted by molar-refractivity contribution is 5.56. The monoisotopic (exact) mass is 279 g/mol. The van der Waals surface area contributed by atoms with Gasteiger partial charge in [0.05, 0.1) is 5.69 Å². The van der Waals surface area contributed by atoms with Crippen LogP contribution in [0.5, 0.6) is 0 Å². The molecule has 1 atom stereocenters. The standard InChI is InChI=1S/C16H26FN3/c1-4-19(5-2)14-9-10-20(12-14)16-13(11-18-3)7-6-8-15(16)17/h6-8,14,18H,4-5,9-12H2,1-3H3. The maximum Gasteiger partial charge on any atom is 0.146 e. The Kier molecular flexibility index (Phi) is 5.38. The van der Waals surface area contributed by atoms with Gasteiger partial charge in [-0.25, -0.2) is 4.39 Å². The van der Waals surface area contributed by atoms with E-state index in [1.807, 2.05) is 13.1 Å². The maximum atomic E-state index is 14.2. The molecule has 4 heteroatoms. The molecule has 1 heterocycles. The van der Waals surface area contributed by atoms with Crippen LogP contribution >= 0.6 is 0 Å². The fraction of sp³-hybridized carbons (Fsp3) is 0.625. The van der Waals surface area contributed by atoms with Crippen LogP contribution < -0.4 is 10.2 Å². The van der Waals surface area contributed by atoms with Gasteiger partial charge >= 0.3 is 0 Å². The van der Waals surface area contributed by atoms with Crippen molar-refractivity contribution in [1.82, 2.24) is 10.2 Å². The van der Waals surface area contributed by atoms with Gasteiger partial charge in [0, 0.05) is 25.7 Å². The lowest BCUT2D eigenvalue weighted by atomic mass is 10.1. The SMILES string of the molecule is CCN(CC)C1CCN(c2c(F)cccc2CNC)C1. The fourth-order valence-corrected chi connectivity index (χ4v) is 3.23. The lowest BCUT2D eigenvalue weighted by Crippen LogP contribution is -2.37. The average Bonchev–Trinajstić information content (AvgIpc) is 2.90. The average molecular weight is 279 g/mol. The Morgan fingerprint density at radius 2 is 2.10 bits per heavy atom. The summed E-state index contributed by atoms with van der Waals surface area (Å²) in [6.45, 7) is 9.10. The molecule has 1 aliphatic heterocycles. The molecule has 0 radical (unpaired) electrons. The van der Waals surface area contributed by atoms with E-state index in [0.717, 1.165) is 43.9 Å². The first-order valence-corrected chi connectivity index (χ1v) is 7.62. The molecule has 0 amide bonds. The summed E-state index contributed by atoms with van der Waals surface area (Å²) in [6, 6.07) is 5.93. The van der Waals surface area contributed by atoms with Crippen LogP contribution in [0.3, 0.4) is 0 Å². The second kappa shape index (κ2) is 7.04. The van der Waals surface area contributed by atoms with E-state index < -0.39 is 0 Å². The first kappa shape index (κ1) is 15.3. The summed E-state index contributed by atoms with van der Waals surface area (Å²) in [5.41, 5.74) is 1.84. The van der Waals surface area contributed by atoms with Gasteiger partial charge in [0.15, 0.2) is 0 Å². The molecule has 0 aliphatic carbocycles. The van der Waals surface area contributed by atoms with E-state index >= 15 is 0 Å². The zero-order chi connectivity index (χ0) is 14.5. The zero-order valence-electron chi connectivity index (χ0n) is 12.8. The van der Waals surface area contributed by atoms with Crippen molar-refractivity contribution >= 4 is 5.69 Å². The van der Waals surface area contributed by atoms with Gasteiger partial charge in [-0.3, -0.25) is 4.90 Å². The predicted molar refractivity (Wildman–Crippen MR) is 82.7 cm³/mol. The van der Waals surface area contributed by atoms with Crippen molar-refractivity contribution in [2.75, 3.05) is 38.1 Å². The highest BCUT2D eigenvalue weighted by Gasteiger charge is 2.28. The molecule has 20 heavy (non-hydrogen) atoms. The van der Waals surface area contributed by atoms with Crippen LogP contribution in [0.15, 0.2) is 18.2 Å². The summed E-state index contributed by atoms with van der Waals surface area (Å²) in [5.74, 6) is -0.0991. The zero-order valence-corrected chi connectivity index (χ0v) is 12.8. The van der Waals surface area contributed by atoms with Crippen LogP contribution in [0, 0.1) is 5.82 Å². The molecule has 1 aromatic carbocycles. The van der Waals surface area contributed by atoms with E-state index in [9.17, 15) is 4.39 Å². The molecule has 1 N–H and O–H groups in total. The van der Waals surface area contributed by atoms with Crippen molar-refractivity contribution in [1.29, 1.82) is 0 Å². The number of anilines is 1. The van der Waals surface area contributed by atoms with Crippen LogP contribution in [-0.4, -0.2) is 44.2 Å². The highest BCUT2D eigenvalue weighted by atomic mass is 19.1. The Balaban J connectivity index is 2.17. The normalized spacial score (nSPS) is 19.1. The van der Waals surface area contributed by atoms with E-state index in [2.05, 4.69) is 29.0 Å². The minimum absolute atomic E-state index is 0.0991. The molecule has 1 aliphatic rings. The van der Waals surface area contributed by atoms with Gasteiger partial charge in [0.25, 0.3) is 0 Å².